The molecule has 0 aliphatic carbocycles. The van der Waals surface area contributed by atoms with Gasteiger partial charge in [-0.1, -0.05) is 28.1 Å². The maximum Gasteiger partial charge on any atom is 0.278 e. The molecule has 0 amide bonds. The number of rotatable bonds is 1. The Morgan fingerprint density at radius 1 is 1.29 bits per heavy atom. The average molecular weight is 251 g/mol. The van der Waals surface area contributed by atoms with Crippen molar-refractivity contribution in [1.29, 1.82) is 0 Å². The number of fused-ring (bicyclic) bond motifs is 1. The summed E-state index contributed by atoms with van der Waals surface area (Å²) in [5.74, 6) is 0. The van der Waals surface area contributed by atoms with Gasteiger partial charge in [0.15, 0.2) is 0 Å². The Balaban J connectivity index is 2.73. The van der Waals surface area contributed by atoms with Crippen molar-refractivity contribution < 1.29 is 4.92 Å². The van der Waals surface area contributed by atoms with Gasteiger partial charge in [-0.15, -0.1) is 0 Å². The van der Waals surface area contributed by atoms with Crippen molar-refractivity contribution in [3.63, 3.8) is 0 Å². The molecule has 0 heterocycles. The lowest BCUT2D eigenvalue weighted by atomic mass is 10.1. The minimum Gasteiger partial charge on any atom is -0.258 e. The molecule has 0 fully saturated rings. The maximum absolute atomic E-state index is 10.5. The van der Waals surface area contributed by atoms with E-state index < -0.39 is 4.92 Å². The van der Waals surface area contributed by atoms with Crippen molar-refractivity contribution in [2.24, 2.45) is 0 Å². The van der Waals surface area contributed by atoms with Crippen molar-refractivity contribution >= 4 is 32.4 Å². The van der Waals surface area contributed by atoms with Crippen molar-refractivity contribution in [1.82, 2.24) is 0 Å². The zero-order valence-corrected chi connectivity index (χ0v) is 8.61. The number of non-ortho nitro benzene ring substituents is 1. The Morgan fingerprint density at radius 3 is 2.79 bits per heavy atom. The number of hydrogen-bond acceptors (Lipinski definition) is 2. The molecule has 0 aromatic heterocycles. The number of nitro benzene ring substituents is 1. The number of nitrogens with zero attached hydrogens (tertiary/aromatic N) is 1. The molecule has 0 saturated carbocycles. The third kappa shape index (κ3) is 1.48. The van der Waals surface area contributed by atoms with E-state index in [9.17, 15) is 10.1 Å². The van der Waals surface area contributed by atoms with Crippen LogP contribution in [0.4, 0.5) is 5.69 Å². The Morgan fingerprint density at radius 2 is 2.07 bits per heavy atom. The van der Waals surface area contributed by atoms with E-state index in [-0.39, 0.29) is 5.69 Å². The molecule has 0 unspecified atom stereocenters. The van der Waals surface area contributed by atoms with Gasteiger partial charge in [-0.05, 0) is 22.9 Å². The molecule has 0 bridgehead atoms. The van der Waals surface area contributed by atoms with Gasteiger partial charge in [-0.2, -0.15) is 0 Å². The molecule has 0 N–H and O–H groups in total. The second-order valence-corrected chi connectivity index (χ2v) is 3.66. The summed E-state index contributed by atoms with van der Waals surface area (Å²) in [5.41, 5.74) is -0.00407. The monoisotopic (exact) mass is 250 g/mol. The highest BCUT2D eigenvalue weighted by atomic mass is 79.9. The largest absolute Gasteiger partial charge is 0.278 e. The summed E-state index contributed by atoms with van der Waals surface area (Å²) in [6, 6.07) is 11.4. The van der Waals surface area contributed by atoms with Gasteiger partial charge in [-0.3, -0.25) is 10.1 Å². The number of nitro groups is 1. The molecular formula is C10H5BrNO2. The zero-order chi connectivity index (χ0) is 10.1. The highest BCUT2D eigenvalue weighted by Crippen LogP contribution is 2.26. The van der Waals surface area contributed by atoms with Crippen LogP contribution in [0.1, 0.15) is 0 Å². The fourth-order valence-corrected chi connectivity index (χ4v) is 1.76. The van der Waals surface area contributed by atoms with Gasteiger partial charge in [0.25, 0.3) is 5.69 Å². The van der Waals surface area contributed by atoms with E-state index in [4.69, 9.17) is 0 Å². The van der Waals surface area contributed by atoms with Crippen molar-refractivity contribution in [2.45, 2.75) is 0 Å². The summed E-state index contributed by atoms with van der Waals surface area (Å²) >= 11 is 3.37. The fourth-order valence-electron chi connectivity index (χ4n) is 1.26. The summed E-state index contributed by atoms with van der Waals surface area (Å²) in [6.07, 6.45) is 0. The predicted molar refractivity (Wildman–Crippen MR) is 57.1 cm³/mol. The molecule has 0 spiro atoms. The van der Waals surface area contributed by atoms with Gasteiger partial charge in [-0.25, -0.2) is 0 Å². The van der Waals surface area contributed by atoms with Crippen LogP contribution in [0.5, 0.6) is 0 Å². The third-order valence-corrected chi connectivity index (χ3v) is 2.61. The summed E-state index contributed by atoms with van der Waals surface area (Å²) in [7, 11) is 0. The second-order valence-electron chi connectivity index (χ2n) is 2.80. The SMILES string of the molecule is O=[N+]([O-])c1[c]c2cccc(Br)c2cc1. The molecule has 0 saturated heterocycles. The third-order valence-electron chi connectivity index (χ3n) is 1.92. The lowest BCUT2D eigenvalue weighted by Crippen LogP contribution is -1.87. The van der Waals surface area contributed by atoms with Crippen LogP contribution in [0.15, 0.2) is 34.8 Å². The van der Waals surface area contributed by atoms with Crippen LogP contribution in [0.25, 0.3) is 10.8 Å². The quantitative estimate of drug-likeness (QED) is 0.576. The molecule has 0 atom stereocenters. The van der Waals surface area contributed by atoms with Crippen LogP contribution >= 0.6 is 15.9 Å². The number of hydrogen-bond donors (Lipinski definition) is 0. The lowest BCUT2D eigenvalue weighted by Gasteiger charge is -1.98. The summed E-state index contributed by atoms with van der Waals surface area (Å²) in [6.45, 7) is 0. The number of benzene rings is 2. The van der Waals surface area contributed by atoms with Gasteiger partial charge >= 0.3 is 0 Å². The fraction of sp³-hybridized carbons (Fsp3) is 0. The van der Waals surface area contributed by atoms with Crippen LogP contribution in [0.2, 0.25) is 0 Å². The lowest BCUT2D eigenvalue weighted by molar-refractivity contribution is -0.385. The Kier molecular flexibility index (Phi) is 2.21. The summed E-state index contributed by atoms with van der Waals surface area (Å²) in [5, 5.41) is 12.2. The van der Waals surface area contributed by atoms with Crippen LogP contribution < -0.4 is 0 Å². The molecule has 0 aliphatic heterocycles. The minimum absolute atomic E-state index is 0.00407. The van der Waals surface area contributed by atoms with Gasteiger partial charge in [0, 0.05) is 10.5 Å². The Bertz CT molecular complexity index is 510. The van der Waals surface area contributed by atoms with Gasteiger partial charge in [0.1, 0.15) is 0 Å². The van der Waals surface area contributed by atoms with Crippen molar-refractivity contribution in [3.8, 4) is 0 Å². The maximum atomic E-state index is 10.5. The molecule has 1 radical (unpaired) electrons. The van der Waals surface area contributed by atoms with Gasteiger partial charge < -0.3 is 0 Å². The molecule has 4 heteroatoms. The molecule has 0 aliphatic rings. The first kappa shape index (κ1) is 9.15. The minimum atomic E-state index is -0.444. The second kappa shape index (κ2) is 3.38. The van der Waals surface area contributed by atoms with E-state index >= 15 is 0 Å². The van der Waals surface area contributed by atoms with Crippen LogP contribution in [0, 0.1) is 16.2 Å². The highest BCUT2D eigenvalue weighted by molar-refractivity contribution is 9.10. The van der Waals surface area contributed by atoms with Crippen LogP contribution in [-0.2, 0) is 0 Å². The van der Waals surface area contributed by atoms with E-state index in [1.165, 1.54) is 6.07 Å². The standard InChI is InChI=1S/C10H5BrNO2/c11-10-3-1-2-7-6-8(12(13)14)4-5-9(7)10/h1-5H. The summed E-state index contributed by atoms with van der Waals surface area (Å²) < 4.78 is 0.918. The Hall–Kier alpha value is -1.42. The summed E-state index contributed by atoms with van der Waals surface area (Å²) in [4.78, 5) is 10.0. The van der Waals surface area contributed by atoms with Crippen molar-refractivity contribution in [3.05, 3.63) is 51.0 Å². The average Bonchev–Trinajstić information content (AvgIpc) is 2.17. The van der Waals surface area contributed by atoms with E-state index in [0.717, 1.165) is 15.2 Å². The van der Waals surface area contributed by atoms with Crippen LogP contribution in [-0.4, -0.2) is 4.92 Å². The van der Waals surface area contributed by atoms with Gasteiger partial charge in [0.2, 0.25) is 0 Å². The first-order valence-electron chi connectivity index (χ1n) is 3.93. The normalized spacial score (nSPS) is 10.4. The smallest absolute Gasteiger partial charge is 0.258 e. The molecular weight excluding hydrogens is 246 g/mol. The topological polar surface area (TPSA) is 43.1 Å². The van der Waals surface area contributed by atoms with E-state index in [1.54, 1.807) is 12.1 Å². The molecule has 2 aromatic rings. The van der Waals surface area contributed by atoms with Gasteiger partial charge in [0.05, 0.1) is 11.0 Å². The van der Waals surface area contributed by atoms with E-state index in [0.29, 0.717) is 0 Å². The van der Waals surface area contributed by atoms with E-state index in [2.05, 4.69) is 22.0 Å². The van der Waals surface area contributed by atoms with Crippen LogP contribution in [0.3, 0.4) is 0 Å². The zero-order valence-electron chi connectivity index (χ0n) is 7.03. The van der Waals surface area contributed by atoms with E-state index in [1.807, 2.05) is 12.1 Å². The Labute approximate surface area is 88.6 Å². The molecule has 2 rings (SSSR count). The van der Waals surface area contributed by atoms with Crippen molar-refractivity contribution in [2.75, 3.05) is 0 Å². The number of halogens is 1. The molecule has 2 aromatic carbocycles. The molecule has 3 nitrogen and oxygen atoms in total. The molecule has 69 valence electrons. The first-order chi connectivity index (χ1) is 6.68. The highest BCUT2D eigenvalue weighted by Gasteiger charge is 2.07. The predicted octanol–water partition coefficient (Wildman–Crippen LogP) is 3.31. The first-order valence-corrected chi connectivity index (χ1v) is 4.73. The molecule has 14 heavy (non-hydrogen) atoms.